The Morgan fingerprint density at radius 2 is 2.33 bits per heavy atom. The van der Waals surface area contributed by atoms with Gasteiger partial charge in [0.1, 0.15) is 11.6 Å². The summed E-state index contributed by atoms with van der Waals surface area (Å²) in [5, 5.41) is 9.12. The van der Waals surface area contributed by atoms with Crippen molar-refractivity contribution in [3.8, 4) is 6.07 Å². The molecule has 2 rings (SSSR count). The Labute approximate surface area is 88.0 Å². The van der Waals surface area contributed by atoms with Crippen LogP contribution in [-0.4, -0.2) is 11.2 Å². The van der Waals surface area contributed by atoms with Gasteiger partial charge in [0, 0.05) is 13.1 Å². The van der Waals surface area contributed by atoms with E-state index in [9.17, 15) is 0 Å². The fourth-order valence-corrected chi connectivity index (χ4v) is 1.60. The van der Waals surface area contributed by atoms with Crippen LogP contribution in [-0.2, 0) is 0 Å². The summed E-state index contributed by atoms with van der Waals surface area (Å²) >= 11 is 0. The highest BCUT2D eigenvalue weighted by atomic mass is 16.4. The van der Waals surface area contributed by atoms with E-state index in [1.54, 1.807) is 13.1 Å². The summed E-state index contributed by atoms with van der Waals surface area (Å²) < 4.78 is 5.33. The van der Waals surface area contributed by atoms with Crippen LogP contribution in [0.1, 0.15) is 24.4 Å². The Morgan fingerprint density at radius 3 is 3.07 bits per heavy atom. The number of rotatable bonds is 0. The van der Waals surface area contributed by atoms with Gasteiger partial charge in [-0.1, -0.05) is 13.0 Å². The van der Waals surface area contributed by atoms with E-state index in [1.165, 1.54) is 0 Å². The number of oxazole rings is 1. The smallest absolute Gasteiger partial charge is 0.244 e. The molecule has 0 unspecified atom stereocenters. The molecular weight excluding hydrogens is 190 g/mol. The van der Waals surface area contributed by atoms with Gasteiger partial charge in [-0.2, -0.15) is 5.26 Å². The molecule has 0 aliphatic carbocycles. The van der Waals surface area contributed by atoms with Crippen molar-refractivity contribution < 1.29 is 4.42 Å². The molecule has 1 aliphatic rings. The molecule has 0 radical (unpaired) electrons. The maximum absolute atomic E-state index is 9.12. The quantitative estimate of drug-likeness (QED) is 0.647. The molecule has 76 valence electrons. The fraction of sp³-hybridized carbons (Fsp3) is 0.364. The first-order chi connectivity index (χ1) is 7.22. The average molecular weight is 201 g/mol. The number of aliphatic imine (C=N–C) groups is 1. The van der Waals surface area contributed by atoms with Crippen LogP contribution in [0.15, 0.2) is 21.6 Å². The highest BCUT2D eigenvalue weighted by Crippen LogP contribution is 2.33. The van der Waals surface area contributed by atoms with Gasteiger partial charge >= 0.3 is 0 Å². The van der Waals surface area contributed by atoms with Crippen LogP contribution >= 0.6 is 0 Å². The van der Waals surface area contributed by atoms with Gasteiger partial charge in [-0.05, 0) is 12.0 Å². The van der Waals surface area contributed by atoms with E-state index >= 15 is 0 Å². The maximum atomic E-state index is 9.12. The highest BCUT2D eigenvalue weighted by molar-refractivity contribution is 5.74. The number of nitriles is 1. The van der Waals surface area contributed by atoms with Crippen LogP contribution < -0.4 is 0 Å². The second kappa shape index (κ2) is 3.70. The van der Waals surface area contributed by atoms with Crippen LogP contribution in [0.5, 0.6) is 0 Å². The first-order valence-corrected chi connectivity index (χ1v) is 4.80. The molecule has 2 heterocycles. The van der Waals surface area contributed by atoms with Crippen molar-refractivity contribution >= 4 is 12.1 Å². The second-order valence-corrected chi connectivity index (χ2v) is 3.55. The molecule has 1 aromatic heterocycles. The van der Waals surface area contributed by atoms with E-state index in [4.69, 9.17) is 9.68 Å². The summed E-state index contributed by atoms with van der Waals surface area (Å²) in [5.41, 5.74) is 0.642. The zero-order valence-electron chi connectivity index (χ0n) is 8.64. The minimum absolute atomic E-state index is 0.116. The van der Waals surface area contributed by atoms with Crippen molar-refractivity contribution in [2.75, 3.05) is 0 Å². The van der Waals surface area contributed by atoms with Crippen LogP contribution in [0, 0.1) is 24.2 Å². The summed E-state index contributed by atoms with van der Waals surface area (Å²) in [6.07, 6.45) is 5.44. The zero-order chi connectivity index (χ0) is 10.8. The summed E-state index contributed by atoms with van der Waals surface area (Å²) in [6.45, 7) is 3.74. The lowest BCUT2D eigenvalue weighted by Crippen LogP contribution is -2.07. The maximum Gasteiger partial charge on any atom is 0.244 e. The molecular formula is C11H11N3O. The molecule has 1 aliphatic heterocycles. The Hall–Kier alpha value is -1.89. The van der Waals surface area contributed by atoms with Gasteiger partial charge in [0.25, 0.3) is 0 Å². The highest BCUT2D eigenvalue weighted by Gasteiger charge is 2.25. The minimum atomic E-state index is -0.286. The molecule has 0 saturated carbocycles. The van der Waals surface area contributed by atoms with E-state index in [-0.39, 0.29) is 11.8 Å². The largest absolute Gasteiger partial charge is 0.423 e. The van der Waals surface area contributed by atoms with Crippen molar-refractivity contribution in [1.29, 1.82) is 5.26 Å². The van der Waals surface area contributed by atoms with Crippen molar-refractivity contribution in [2.24, 2.45) is 10.9 Å². The van der Waals surface area contributed by atoms with Gasteiger partial charge in [0.05, 0.1) is 6.07 Å². The summed E-state index contributed by atoms with van der Waals surface area (Å²) in [5.74, 6) is 0.831. The predicted molar refractivity (Wildman–Crippen MR) is 56.1 cm³/mol. The van der Waals surface area contributed by atoms with E-state index in [2.05, 4.69) is 16.0 Å². The van der Waals surface area contributed by atoms with Crippen LogP contribution in [0.4, 0.5) is 5.88 Å². The third-order valence-corrected chi connectivity index (χ3v) is 2.39. The van der Waals surface area contributed by atoms with Crippen LogP contribution in [0.3, 0.4) is 0 Å². The molecule has 0 bridgehead atoms. The third-order valence-electron chi connectivity index (χ3n) is 2.39. The predicted octanol–water partition coefficient (Wildman–Crippen LogP) is 2.50. The molecule has 0 fully saturated rings. The van der Waals surface area contributed by atoms with Crippen LogP contribution in [0.25, 0.3) is 0 Å². The third kappa shape index (κ3) is 1.68. The molecule has 15 heavy (non-hydrogen) atoms. The monoisotopic (exact) mass is 201 g/mol. The lowest BCUT2D eigenvalue weighted by atomic mass is 9.91. The Kier molecular flexibility index (Phi) is 2.38. The van der Waals surface area contributed by atoms with Crippen molar-refractivity contribution in [1.82, 2.24) is 4.98 Å². The summed E-state index contributed by atoms with van der Waals surface area (Å²) in [4.78, 5) is 8.33. The van der Waals surface area contributed by atoms with Gasteiger partial charge in [0.2, 0.25) is 5.88 Å². The molecule has 4 nitrogen and oxygen atoms in total. The van der Waals surface area contributed by atoms with E-state index in [0.29, 0.717) is 17.5 Å². The lowest BCUT2D eigenvalue weighted by Gasteiger charge is -2.12. The van der Waals surface area contributed by atoms with Gasteiger partial charge in [-0.25, -0.2) is 9.98 Å². The normalized spacial score (nSPS) is 28.3. The fourth-order valence-electron chi connectivity index (χ4n) is 1.60. The SMILES string of the molecule is Cc1nc2c(o1)/N=C\C=C/[C@H](C)[C@H]2C#N. The molecule has 0 spiro atoms. The molecule has 0 N–H and O–H groups in total. The van der Waals surface area contributed by atoms with Gasteiger partial charge in [-0.3, -0.25) is 0 Å². The van der Waals surface area contributed by atoms with E-state index in [1.807, 2.05) is 19.1 Å². The molecule has 0 aromatic carbocycles. The van der Waals surface area contributed by atoms with Crippen molar-refractivity contribution in [3.05, 3.63) is 23.7 Å². The Morgan fingerprint density at radius 1 is 1.53 bits per heavy atom. The van der Waals surface area contributed by atoms with Gasteiger partial charge in [0.15, 0.2) is 5.89 Å². The molecule has 0 saturated heterocycles. The number of fused-ring (bicyclic) bond motifs is 1. The number of hydrogen-bond acceptors (Lipinski definition) is 4. The number of hydrogen-bond donors (Lipinski definition) is 0. The lowest BCUT2D eigenvalue weighted by molar-refractivity contribution is 0.529. The topological polar surface area (TPSA) is 62.2 Å². The number of aromatic nitrogens is 1. The molecule has 1 aromatic rings. The molecule has 4 heteroatoms. The van der Waals surface area contributed by atoms with Crippen LogP contribution in [0.2, 0.25) is 0 Å². The second-order valence-electron chi connectivity index (χ2n) is 3.55. The number of allylic oxidation sites excluding steroid dienone is 2. The Bertz CT molecular complexity index is 465. The molecule has 2 atom stereocenters. The zero-order valence-corrected chi connectivity index (χ0v) is 8.64. The Balaban J connectivity index is 2.56. The van der Waals surface area contributed by atoms with Crippen molar-refractivity contribution in [3.63, 3.8) is 0 Å². The van der Waals surface area contributed by atoms with E-state index in [0.717, 1.165) is 0 Å². The molecule has 0 amide bonds. The first-order valence-electron chi connectivity index (χ1n) is 4.80. The van der Waals surface area contributed by atoms with Crippen molar-refractivity contribution in [2.45, 2.75) is 19.8 Å². The van der Waals surface area contributed by atoms with Gasteiger partial charge < -0.3 is 4.42 Å². The van der Waals surface area contributed by atoms with Gasteiger partial charge in [-0.15, -0.1) is 0 Å². The first kappa shape index (κ1) is 9.66. The standard InChI is InChI=1S/C11H11N3O/c1-7-4-3-5-13-11-10(9(7)6-12)14-8(2)15-11/h3-5,7,9H,1-2H3/b4-3-,13-5-/t7-,9+/m0/s1. The average Bonchev–Trinajstić information content (AvgIpc) is 2.53. The summed E-state index contributed by atoms with van der Waals surface area (Å²) in [6, 6.07) is 2.24. The van der Waals surface area contributed by atoms with E-state index < -0.39 is 0 Å². The minimum Gasteiger partial charge on any atom is -0.423 e. The number of nitrogens with zero attached hydrogens (tertiary/aromatic N) is 3. The summed E-state index contributed by atoms with van der Waals surface area (Å²) in [7, 11) is 0. The number of aryl methyl sites for hydroxylation is 1.